The Morgan fingerprint density at radius 1 is 1.21 bits per heavy atom. The van der Waals surface area contributed by atoms with Crippen LogP contribution in [0.4, 0.5) is 11.6 Å². The zero-order valence-corrected chi connectivity index (χ0v) is 14.1. The van der Waals surface area contributed by atoms with Crippen molar-refractivity contribution in [1.82, 2.24) is 9.55 Å². The Morgan fingerprint density at radius 2 is 1.96 bits per heavy atom. The summed E-state index contributed by atoms with van der Waals surface area (Å²) < 4.78 is 7.19. The maximum Gasteiger partial charge on any atom is 0.338 e. The third-order valence-electron chi connectivity index (χ3n) is 3.75. The maximum atomic E-state index is 11.9. The Morgan fingerprint density at radius 3 is 2.62 bits per heavy atom. The minimum Gasteiger partial charge on any atom is -0.462 e. The highest BCUT2D eigenvalue weighted by Gasteiger charge is 2.16. The molecule has 2 aromatic carbocycles. The fourth-order valence-electron chi connectivity index (χ4n) is 2.70. The molecule has 0 aliphatic rings. The van der Waals surface area contributed by atoms with E-state index < -0.39 is 0 Å². The van der Waals surface area contributed by atoms with Crippen molar-refractivity contribution in [3.63, 3.8) is 0 Å². The van der Waals surface area contributed by atoms with E-state index in [1.807, 2.05) is 36.4 Å². The molecule has 24 heavy (non-hydrogen) atoms. The van der Waals surface area contributed by atoms with Crippen molar-refractivity contribution in [2.75, 3.05) is 11.9 Å². The molecule has 0 spiro atoms. The fourth-order valence-corrected chi connectivity index (χ4v) is 2.70. The third-order valence-corrected chi connectivity index (χ3v) is 3.75. The summed E-state index contributed by atoms with van der Waals surface area (Å²) in [6.45, 7) is 6.37. The predicted molar refractivity (Wildman–Crippen MR) is 95.8 cm³/mol. The summed E-state index contributed by atoms with van der Waals surface area (Å²) in [6.07, 6.45) is 0. The first-order chi connectivity index (χ1) is 11.6. The summed E-state index contributed by atoms with van der Waals surface area (Å²) in [7, 11) is 0. The van der Waals surface area contributed by atoms with Gasteiger partial charge in [0.25, 0.3) is 0 Å². The summed E-state index contributed by atoms with van der Waals surface area (Å²) in [5.74, 6) is 0.434. The average Bonchev–Trinajstić information content (AvgIpc) is 2.93. The van der Waals surface area contributed by atoms with Crippen LogP contribution in [0.1, 0.15) is 37.2 Å². The molecule has 1 aromatic heterocycles. The first kappa shape index (κ1) is 16.1. The summed E-state index contributed by atoms with van der Waals surface area (Å²) in [4.78, 5) is 16.6. The molecular weight excluding hydrogens is 302 g/mol. The van der Waals surface area contributed by atoms with E-state index >= 15 is 0 Å². The van der Waals surface area contributed by atoms with E-state index in [9.17, 15) is 4.79 Å². The number of para-hydroxylation sites is 1. The lowest BCUT2D eigenvalue weighted by atomic mass is 10.2. The topological polar surface area (TPSA) is 56.1 Å². The van der Waals surface area contributed by atoms with Crippen LogP contribution in [0.5, 0.6) is 0 Å². The first-order valence-electron chi connectivity index (χ1n) is 8.11. The van der Waals surface area contributed by atoms with Gasteiger partial charge >= 0.3 is 5.97 Å². The Labute approximate surface area is 141 Å². The summed E-state index contributed by atoms with van der Waals surface area (Å²) >= 11 is 0. The standard InChI is InChI=1S/C19H21N3O2/c1-4-24-18(23)14-10-11-17-16(12-14)21-19(22(17)13(2)3)20-15-8-6-5-7-9-15/h5-13H,4H2,1-3H3,(H,20,21). The molecule has 3 aromatic rings. The molecule has 1 heterocycles. The first-order valence-corrected chi connectivity index (χ1v) is 8.11. The average molecular weight is 323 g/mol. The van der Waals surface area contributed by atoms with Gasteiger partial charge < -0.3 is 14.6 Å². The molecule has 3 rings (SSSR count). The number of ether oxygens (including phenoxy) is 1. The van der Waals surface area contributed by atoms with Crippen molar-refractivity contribution < 1.29 is 9.53 Å². The predicted octanol–water partition coefficient (Wildman–Crippen LogP) is 4.54. The second-order valence-electron chi connectivity index (χ2n) is 5.81. The number of rotatable bonds is 5. The van der Waals surface area contributed by atoms with Gasteiger partial charge in [-0.2, -0.15) is 0 Å². The molecule has 0 unspecified atom stereocenters. The van der Waals surface area contributed by atoms with Gasteiger partial charge in [0, 0.05) is 11.7 Å². The van der Waals surface area contributed by atoms with E-state index in [2.05, 4.69) is 28.7 Å². The molecule has 0 amide bonds. The number of nitrogens with zero attached hydrogens (tertiary/aromatic N) is 2. The van der Waals surface area contributed by atoms with Crippen molar-refractivity contribution in [3.8, 4) is 0 Å². The summed E-state index contributed by atoms with van der Waals surface area (Å²) in [5, 5.41) is 3.35. The molecule has 124 valence electrons. The molecule has 0 bridgehead atoms. The molecule has 0 fully saturated rings. The number of hydrogen-bond donors (Lipinski definition) is 1. The Kier molecular flexibility index (Phi) is 4.51. The Hall–Kier alpha value is -2.82. The van der Waals surface area contributed by atoms with Gasteiger partial charge in [-0.05, 0) is 51.1 Å². The molecule has 1 N–H and O–H groups in total. The van der Waals surface area contributed by atoms with E-state index in [-0.39, 0.29) is 12.0 Å². The van der Waals surface area contributed by atoms with Crippen molar-refractivity contribution in [3.05, 3.63) is 54.1 Å². The highest BCUT2D eigenvalue weighted by Crippen LogP contribution is 2.27. The van der Waals surface area contributed by atoms with Crippen LogP contribution in [0.15, 0.2) is 48.5 Å². The van der Waals surface area contributed by atoms with Crippen LogP contribution in [-0.2, 0) is 4.74 Å². The fraction of sp³-hybridized carbons (Fsp3) is 0.263. The van der Waals surface area contributed by atoms with Crippen LogP contribution < -0.4 is 5.32 Å². The lowest BCUT2D eigenvalue weighted by Crippen LogP contribution is -2.06. The van der Waals surface area contributed by atoms with Gasteiger partial charge in [-0.15, -0.1) is 0 Å². The summed E-state index contributed by atoms with van der Waals surface area (Å²) in [6, 6.07) is 15.6. The van der Waals surface area contributed by atoms with Gasteiger partial charge in [-0.25, -0.2) is 9.78 Å². The number of hydrogen-bond acceptors (Lipinski definition) is 4. The van der Waals surface area contributed by atoms with Crippen molar-refractivity contribution in [2.24, 2.45) is 0 Å². The van der Waals surface area contributed by atoms with E-state index in [1.54, 1.807) is 19.1 Å². The monoisotopic (exact) mass is 323 g/mol. The SMILES string of the molecule is CCOC(=O)c1ccc2c(c1)nc(Nc1ccccc1)n2C(C)C. The van der Waals surface area contributed by atoms with E-state index in [0.717, 1.165) is 22.7 Å². The normalized spacial score (nSPS) is 11.0. The lowest BCUT2D eigenvalue weighted by Gasteiger charge is -2.14. The number of esters is 1. The number of carbonyl (C=O) groups excluding carboxylic acids is 1. The molecule has 5 heteroatoms. The van der Waals surface area contributed by atoms with Crippen LogP contribution in [-0.4, -0.2) is 22.1 Å². The quantitative estimate of drug-likeness (QED) is 0.701. The van der Waals surface area contributed by atoms with Crippen molar-refractivity contribution in [2.45, 2.75) is 26.8 Å². The number of aromatic nitrogens is 2. The van der Waals surface area contributed by atoms with E-state index in [4.69, 9.17) is 4.74 Å². The van der Waals surface area contributed by atoms with Crippen LogP contribution in [0.2, 0.25) is 0 Å². The second-order valence-corrected chi connectivity index (χ2v) is 5.81. The van der Waals surface area contributed by atoms with Crippen LogP contribution in [0.3, 0.4) is 0 Å². The highest BCUT2D eigenvalue weighted by molar-refractivity contribution is 5.94. The lowest BCUT2D eigenvalue weighted by molar-refractivity contribution is 0.0526. The molecule has 0 aliphatic heterocycles. The zero-order valence-electron chi connectivity index (χ0n) is 14.1. The van der Waals surface area contributed by atoms with Gasteiger partial charge in [-0.1, -0.05) is 18.2 Å². The van der Waals surface area contributed by atoms with Gasteiger partial charge in [0.2, 0.25) is 5.95 Å². The van der Waals surface area contributed by atoms with Gasteiger partial charge in [0.1, 0.15) is 0 Å². The van der Waals surface area contributed by atoms with E-state index in [1.165, 1.54) is 0 Å². The largest absolute Gasteiger partial charge is 0.462 e. The number of carbonyl (C=O) groups is 1. The maximum absolute atomic E-state index is 11.9. The highest BCUT2D eigenvalue weighted by atomic mass is 16.5. The van der Waals surface area contributed by atoms with Crippen LogP contribution >= 0.6 is 0 Å². The van der Waals surface area contributed by atoms with Gasteiger partial charge in [0.05, 0.1) is 23.2 Å². The second kappa shape index (κ2) is 6.74. The Balaban J connectivity index is 2.05. The molecule has 0 saturated carbocycles. The molecular formula is C19H21N3O2. The van der Waals surface area contributed by atoms with Crippen LogP contribution in [0, 0.1) is 0 Å². The molecule has 0 aliphatic carbocycles. The van der Waals surface area contributed by atoms with Crippen molar-refractivity contribution in [1.29, 1.82) is 0 Å². The van der Waals surface area contributed by atoms with Gasteiger partial charge in [-0.3, -0.25) is 0 Å². The number of fused-ring (bicyclic) bond motifs is 1. The summed E-state index contributed by atoms with van der Waals surface area (Å²) in [5.41, 5.74) is 3.24. The number of anilines is 2. The minimum atomic E-state index is -0.323. The minimum absolute atomic E-state index is 0.231. The molecule has 0 saturated heterocycles. The smallest absolute Gasteiger partial charge is 0.338 e. The number of imidazole rings is 1. The van der Waals surface area contributed by atoms with Gasteiger partial charge in [0.15, 0.2) is 0 Å². The van der Waals surface area contributed by atoms with E-state index in [0.29, 0.717) is 12.2 Å². The van der Waals surface area contributed by atoms with Crippen molar-refractivity contribution >= 4 is 28.6 Å². The molecule has 5 nitrogen and oxygen atoms in total. The number of benzene rings is 2. The number of nitrogens with one attached hydrogen (secondary N) is 1. The Bertz CT molecular complexity index is 854. The molecule has 0 radical (unpaired) electrons. The van der Waals surface area contributed by atoms with Crippen LogP contribution in [0.25, 0.3) is 11.0 Å². The molecule has 0 atom stereocenters. The zero-order chi connectivity index (χ0) is 17.1. The third kappa shape index (κ3) is 3.11.